The third kappa shape index (κ3) is 3.31. The van der Waals surface area contributed by atoms with E-state index in [4.69, 9.17) is 10.3 Å². The smallest absolute Gasteiger partial charge is 0.0935 e. The van der Waals surface area contributed by atoms with Gasteiger partial charge in [-0.1, -0.05) is 15.9 Å². The quantitative estimate of drug-likeness (QED) is 0.464. The van der Waals surface area contributed by atoms with Crippen LogP contribution in [0, 0.1) is 3.57 Å². The molecule has 0 saturated carbocycles. The third-order valence-electron chi connectivity index (χ3n) is 2.55. The Balaban J connectivity index is 2.25. The van der Waals surface area contributed by atoms with E-state index < -0.39 is 0 Å². The lowest BCUT2D eigenvalue weighted by molar-refractivity contribution is 0.534. The number of benzene rings is 1. The molecule has 0 radical (unpaired) electrons. The predicted octanol–water partition coefficient (Wildman–Crippen LogP) is 3.39. The van der Waals surface area contributed by atoms with Crippen LogP contribution in [0.25, 0.3) is 0 Å². The largest absolute Gasteiger partial charge is 0.472 e. The number of furan rings is 1. The summed E-state index contributed by atoms with van der Waals surface area (Å²) in [6.45, 7) is 0. The molecule has 1 heterocycles. The van der Waals surface area contributed by atoms with Gasteiger partial charge >= 0.3 is 0 Å². The number of nitrogens with two attached hydrogens (primary N) is 1. The van der Waals surface area contributed by atoms with Gasteiger partial charge in [-0.3, -0.25) is 11.3 Å². The molecular formula is C12H12BrIN2O. The van der Waals surface area contributed by atoms with Crippen LogP contribution in [0.1, 0.15) is 17.2 Å². The summed E-state index contributed by atoms with van der Waals surface area (Å²) in [7, 11) is 0. The van der Waals surface area contributed by atoms with E-state index in [-0.39, 0.29) is 6.04 Å². The fourth-order valence-corrected chi connectivity index (χ4v) is 2.77. The highest BCUT2D eigenvalue weighted by atomic mass is 127. The van der Waals surface area contributed by atoms with Crippen molar-refractivity contribution in [1.29, 1.82) is 0 Å². The highest BCUT2D eigenvalue weighted by Gasteiger charge is 2.14. The second-order valence-electron chi connectivity index (χ2n) is 3.72. The van der Waals surface area contributed by atoms with Gasteiger partial charge in [-0.15, -0.1) is 0 Å². The zero-order valence-electron chi connectivity index (χ0n) is 8.99. The van der Waals surface area contributed by atoms with Crippen LogP contribution in [-0.4, -0.2) is 0 Å². The summed E-state index contributed by atoms with van der Waals surface area (Å²) >= 11 is 5.80. The van der Waals surface area contributed by atoms with Gasteiger partial charge in [0.25, 0.3) is 0 Å². The van der Waals surface area contributed by atoms with Crippen LogP contribution in [0.2, 0.25) is 0 Å². The van der Waals surface area contributed by atoms with Crippen molar-refractivity contribution in [3.05, 3.63) is 56.0 Å². The fraction of sp³-hybridized carbons (Fsp3) is 0.167. The van der Waals surface area contributed by atoms with E-state index in [1.807, 2.05) is 12.1 Å². The first-order valence-corrected chi connectivity index (χ1v) is 7.00. The van der Waals surface area contributed by atoms with Crippen molar-refractivity contribution in [1.82, 2.24) is 5.43 Å². The van der Waals surface area contributed by atoms with Crippen molar-refractivity contribution >= 4 is 38.5 Å². The molecule has 17 heavy (non-hydrogen) atoms. The summed E-state index contributed by atoms with van der Waals surface area (Å²) in [6, 6.07) is 8.22. The second-order valence-corrected chi connectivity index (χ2v) is 5.80. The van der Waals surface area contributed by atoms with Crippen LogP contribution in [-0.2, 0) is 6.42 Å². The fourth-order valence-electron chi connectivity index (χ4n) is 1.68. The van der Waals surface area contributed by atoms with Crippen LogP contribution >= 0.6 is 38.5 Å². The zero-order valence-corrected chi connectivity index (χ0v) is 12.7. The Kier molecular flexibility index (Phi) is 4.61. The number of rotatable bonds is 4. The van der Waals surface area contributed by atoms with E-state index in [2.05, 4.69) is 56.1 Å². The monoisotopic (exact) mass is 406 g/mol. The number of hydrogen-bond acceptors (Lipinski definition) is 3. The number of nitrogens with one attached hydrogen (secondary N) is 1. The van der Waals surface area contributed by atoms with Crippen molar-refractivity contribution in [2.24, 2.45) is 5.84 Å². The summed E-state index contributed by atoms with van der Waals surface area (Å²) < 4.78 is 7.32. The molecule has 0 aliphatic rings. The number of hydrogen-bond donors (Lipinski definition) is 2. The summed E-state index contributed by atoms with van der Waals surface area (Å²) in [5.74, 6) is 5.64. The molecule has 0 spiro atoms. The van der Waals surface area contributed by atoms with Gasteiger partial charge in [-0.2, -0.15) is 0 Å². The summed E-state index contributed by atoms with van der Waals surface area (Å²) in [6.07, 6.45) is 4.23. The molecular weight excluding hydrogens is 395 g/mol. The van der Waals surface area contributed by atoms with Gasteiger partial charge in [0.2, 0.25) is 0 Å². The molecule has 90 valence electrons. The van der Waals surface area contributed by atoms with Crippen LogP contribution < -0.4 is 11.3 Å². The second kappa shape index (κ2) is 5.99. The van der Waals surface area contributed by atoms with Crippen molar-refractivity contribution in [3.8, 4) is 0 Å². The van der Waals surface area contributed by atoms with Gasteiger partial charge < -0.3 is 4.42 Å². The molecule has 5 heteroatoms. The normalized spacial score (nSPS) is 12.6. The molecule has 0 bridgehead atoms. The molecule has 0 amide bonds. The molecule has 1 aromatic heterocycles. The SMILES string of the molecule is NNC(Cc1ccoc1)c1cc(Br)ccc1I. The average molecular weight is 407 g/mol. The maximum absolute atomic E-state index is 5.64. The first-order chi connectivity index (χ1) is 8.20. The maximum atomic E-state index is 5.64. The molecule has 3 N–H and O–H groups in total. The number of hydrazine groups is 1. The predicted molar refractivity (Wildman–Crippen MR) is 79.3 cm³/mol. The van der Waals surface area contributed by atoms with E-state index in [1.165, 1.54) is 9.13 Å². The zero-order chi connectivity index (χ0) is 12.3. The molecule has 0 aliphatic carbocycles. The van der Waals surface area contributed by atoms with E-state index >= 15 is 0 Å². The summed E-state index contributed by atoms with van der Waals surface area (Å²) in [5.41, 5.74) is 5.17. The van der Waals surface area contributed by atoms with E-state index in [9.17, 15) is 0 Å². The molecule has 1 unspecified atom stereocenters. The lowest BCUT2D eigenvalue weighted by Crippen LogP contribution is -2.30. The van der Waals surface area contributed by atoms with Crippen LogP contribution in [0.5, 0.6) is 0 Å². The van der Waals surface area contributed by atoms with Crippen molar-refractivity contribution < 1.29 is 4.42 Å². The van der Waals surface area contributed by atoms with E-state index in [0.29, 0.717) is 0 Å². The Labute approximate surface area is 122 Å². The van der Waals surface area contributed by atoms with Crippen molar-refractivity contribution in [2.75, 3.05) is 0 Å². The molecule has 1 aromatic carbocycles. The summed E-state index contributed by atoms with van der Waals surface area (Å²) in [4.78, 5) is 0. The van der Waals surface area contributed by atoms with Crippen molar-refractivity contribution in [3.63, 3.8) is 0 Å². The minimum atomic E-state index is 0.0806. The Bertz CT molecular complexity index is 487. The minimum absolute atomic E-state index is 0.0806. The lowest BCUT2D eigenvalue weighted by Gasteiger charge is -2.17. The molecule has 2 aromatic rings. The van der Waals surface area contributed by atoms with Crippen LogP contribution in [0.4, 0.5) is 0 Å². The highest BCUT2D eigenvalue weighted by molar-refractivity contribution is 14.1. The van der Waals surface area contributed by atoms with Gasteiger partial charge in [-0.25, -0.2) is 0 Å². The first kappa shape index (κ1) is 13.1. The molecule has 0 saturated heterocycles. The van der Waals surface area contributed by atoms with Gasteiger partial charge in [0.1, 0.15) is 0 Å². The Morgan fingerprint density at radius 2 is 2.24 bits per heavy atom. The first-order valence-electron chi connectivity index (χ1n) is 5.13. The topological polar surface area (TPSA) is 51.2 Å². The average Bonchev–Trinajstić information content (AvgIpc) is 2.82. The standard InChI is InChI=1S/C12H12BrIN2O/c13-9-1-2-11(14)10(6-9)12(16-15)5-8-3-4-17-7-8/h1-4,6-7,12,16H,5,15H2. The third-order valence-corrected chi connectivity index (χ3v) is 4.03. The number of halogens is 2. The van der Waals surface area contributed by atoms with E-state index in [0.717, 1.165) is 16.5 Å². The molecule has 0 fully saturated rings. The molecule has 3 nitrogen and oxygen atoms in total. The van der Waals surface area contributed by atoms with E-state index in [1.54, 1.807) is 12.5 Å². The van der Waals surface area contributed by atoms with Crippen molar-refractivity contribution in [2.45, 2.75) is 12.5 Å². The molecule has 1 atom stereocenters. The Morgan fingerprint density at radius 3 is 2.88 bits per heavy atom. The van der Waals surface area contributed by atoms with Gasteiger partial charge in [-0.05, 0) is 64.4 Å². The van der Waals surface area contributed by atoms with Crippen LogP contribution in [0.3, 0.4) is 0 Å². The minimum Gasteiger partial charge on any atom is -0.472 e. The van der Waals surface area contributed by atoms with Gasteiger partial charge in [0.05, 0.1) is 18.6 Å². The van der Waals surface area contributed by atoms with Gasteiger partial charge in [0, 0.05) is 8.04 Å². The summed E-state index contributed by atoms with van der Waals surface area (Å²) in [5, 5.41) is 0. The maximum Gasteiger partial charge on any atom is 0.0935 e. The Morgan fingerprint density at radius 1 is 1.41 bits per heavy atom. The highest BCUT2D eigenvalue weighted by Crippen LogP contribution is 2.26. The molecule has 2 rings (SSSR count). The Hall–Kier alpha value is -0.370. The molecule has 0 aliphatic heterocycles. The lowest BCUT2D eigenvalue weighted by atomic mass is 10.0. The van der Waals surface area contributed by atoms with Crippen LogP contribution in [0.15, 0.2) is 45.7 Å². The van der Waals surface area contributed by atoms with Gasteiger partial charge in [0.15, 0.2) is 0 Å².